The number of Topliss-reactive ketones (excluding diaryl/α,β-unsaturated/α-hetero) is 1. The Bertz CT molecular complexity index is 1350. The van der Waals surface area contributed by atoms with Crippen molar-refractivity contribution < 1.29 is 9.53 Å². The fraction of sp³-hybridized carbons (Fsp3) is 0.281. The van der Waals surface area contributed by atoms with Crippen LogP contribution in [0.2, 0.25) is 0 Å². The Hall–Kier alpha value is -3.43. The molecule has 4 aromatic carbocycles. The molecule has 3 nitrogen and oxygen atoms in total. The molecule has 0 aromatic heterocycles. The number of carbonyl (C=O) groups is 1. The molecule has 0 fully saturated rings. The van der Waals surface area contributed by atoms with Crippen molar-refractivity contribution in [1.82, 2.24) is 5.32 Å². The molecule has 5 rings (SSSR count). The van der Waals surface area contributed by atoms with Crippen LogP contribution in [0, 0.1) is 6.92 Å². The minimum Gasteiger partial charge on any atom is -0.489 e. The van der Waals surface area contributed by atoms with Crippen LogP contribution in [-0.2, 0) is 0 Å². The van der Waals surface area contributed by atoms with Crippen LogP contribution in [0.5, 0.6) is 5.75 Å². The molecule has 0 saturated carbocycles. The zero-order valence-electron chi connectivity index (χ0n) is 20.8. The number of para-hydroxylation sites is 1. The van der Waals surface area contributed by atoms with Crippen molar-refractivity contribution in [3.8, 4) is 5.75 Å². The third kappa shape index (κ3) is 4.74. The summed E-state index contributed by atoms with van der Waals surface area (Å²) in [5, 5.41) is 6.28. The summed E-state index contributed by atoms with van der Waals surface area (Å²) in [4.78, 5) is 12.5. The Morgan fingerprint density at radius 1 is 1.00 bits per heavy atom. The largest absolute Gasteiger partial charge is 0.489 e. The Balaban J connectivity index is 1.39. The number of nitrogens with one attached hydrogen (secondary N) is 1. The van der Waals surface area contributed by atoms with Gasteiger partial charge in [0.25, 0.3) is 0 Å². The van der Waals surface area contributed by atoms with E-state index in [9.17, 15) is 4.79 Å². The van der Waals surface area contributed by atoms with E-state index < -0.39 is 0 Å². The number of ether oxygens (including phenoxy) is 1. The molecule has 0 aliphatic carbocycles. The van der Waals surface area contributed by atoms with Gasteiger partial charge in [0, 0.05) is 36.1 Å². The molecule has 0 unspecified atom stereocenters. The maximum absolute atomic E-state index is 12.5. The Kier molecular flexibility index (Phi) is 6.70. The molecule has 0 saturated heterocycles. The number of hydrogen-bond donors (Lipinski definition) is 1. The first kappa shape index (κ1) is 23.3. The first-order valence-electron chi connectivity index (χ1n) is 12.7. The highest BCUT2D eigenvalue weighted by atomic mass is 16.5. The quantitative estimate of drug-likeness (QED) is 0.291. The first-order chi connectivity index (χ1) is 17.0. The van der Waals surface area contributed by atoms with E-state index in [0.717, 1.165) is 29.8 Å². The van der Waals surface area contributed by atoms with Crippen molar-refractivity contribution in [2.45, 2.75) is 51.7 Å². The summed E-state index contributed by atoms with van der Waals surface area (Å²) in [6, 6.07) is 29.9. The maximum Gasteiger partial charge on any atom is 0.162 e. The van der Waals surface area contributed by atoms with Gasteiger partial charge in [-0.3, -0.25) is 4.79 Å². The highest BCUT2D eigenvalue weighted by Crippen LogP contribution is 2.41. The average molecular weight is 464 g/mol. The van der Waals surface area contributed by atoms with Gasteiger partial charge in [0.2, 0.25) is 0 Å². The number of hydrogen-bond acceptors (Lipinski definition) is 3. The van der Waals surface area contributed by atoms with Crippen LogP contribution in [0.15, 0.2) is 84.9 Å². The molecule has 35 heavy (non-hydrogen) atoms. The van der Waals surface area contributed by atoms with E-state index >= 15 is 0 Å². The lowest BCUT2D eigenvalue weighted by atomic mass is 9.82. The fourth-order valence-corrected chi connectivity index (χ4v) is 5.33. The van der Waals surface area contributed by atoms with E-state index in [1.54, 1.807) is 0 Å². The van der Waals surface area contributed by atoms with Gasteiger partial charge in [0.1, 0.15) is 11.9 Å². The van der Waals surface area contributed by atoms with Gasteiger partial charge in [-0.1, -0.05) is 79.7 Å². The maximum atomic E-state index is 12.5. The lowest BCUT2D eigenvalue weighted by molar-refractivity contribution is 0.0987. The normalized spacial score (nSPS) is 18.0. The number of ketones is 1. The molecule has 0 amide bonds. The molecule has 0 radical (unpaired) electrons. The van der Waals surface area contributed by atoms with E-state index in [0.29, 0.717) is 6.42 Å². The van der Waals surface area contributed by atoms with Crippen molar-refractivity contribution in [2.24, 2.45) is 0 Å². The number of fused-ring (bicyclic) bond motifs is 2. The Morgan fingerprint density at radius 3 is 2.63 bits per heavy atom. The van der Waals surface area contributed by atoms with Crippen molar-refractivity contribution in [2.75, 3.05) is 6.54 Å². The third-order valence-corrected chi connectivity index (χ3v) is 7.31. The molecule has 1 aliphatic heterocycles. The molecule has 3 atom stereocenters. The van der Waals surface area contributed by atoms with Crippen molar-refractivity contribution in [1.29, 1.82) is 0 Å². The number of carbonyl (C=O) groups excluding carboxylic acids is 1. The van der Waals surface area contributed by atoms with Crippen LogP contribution < -0.4 is 10.1 Å². The summed E-state index contributed by atoms with van der Waals surface area (Å²) in [5.41, 5.74) is 5.58. The highest BCUT2D eigenvalue weighted by molar-refractivity contribution is 5.97. The third-order valence-electron chi connectivity index (χ3n) is 7.31. The highest BCUT2D eigenvalue weighted by Gasteiger charge is 2.30. The van der Waals surface area contributed by atoms with Gasteiger partial charge < -0.3 is 10.1 Å². The molecule has 0 bridgehead atoms. The van der Waals surface area contributed by atoms with Crippen molar-refractivity contribution in [3.05, 3.63) is 113 Å². The fourth-order valence-electron chi connectivity index (χ4n) is 5.33. The molecule has 4 aromatic rings. The van der Waals surface area contributed by atoms with Gasteiger partial charge >= 0.3 is 0 Å². The predicted octanol–water partition coefficient (Wildman–Crippen LogP) is 7.37. The minimum atomic E-state index is 0.0407. The van der Waals surface area contributed by atoms with Crippen LogP contribution in [-0.4, -0.2) is 18.4 Å². The second-order valence-corrected chi connectivity index (χ2v) is 9.62. The van der Waals surface area contributed by atoms with Gasteiger partial charge in [-0.25, -0.2) is 0 Å². The van der Waals surface area contributed by atoms with Crippen molar-refractivity contribution in [3.63, 3.8) is 0 Å². The van der Waals surface area contributed by atoms with Gasteiger partial charge in [-0.15, -0.1) is 0 Å². The Morgan fingerprint density at radius 2 is 1.77 bits per heavy atom. The van der Waals surface area contributed by atoms with Gasteiger partial charge in [0.05, 0.1) is 0 Å². The van der Waals surface area contributed by atoms with E-state index in [1.165, 1.54) is 27.5 Å². The second kappa shape index (κ2) is 10.1. The van der Waals surface area contributed by atoms with E-state index in [1.807, 2.05) is 19.9 Å². The van der Waals surface area contributed by atoms with Crippen LogP contribution in [0.25, 0.3) is 10.8 Å². The molecule has 0 spiro atoms. The number of benzene rings is 4. The molecule has 1 aliphatic rings. The zero-order chi connectivity index (χ0) is 24.4. The molecule has 178 valence electrons. The lowest BCUT2D eigenvalue weighted by Gasteiger charge is -2.33. The summed E-state index contributed by atoms with van der Waals surface area (Å²) in [6.45, 7) is 6.92. The summed E-state index contributed by atoms with van der Waals surface area (Å²) in [7, 11) is 0. The number of aryl methyl sites for hydroxylation is 1. The summed E-state index contributed by atoms with van der Waals surface area (Å²) < 4.78 is 6.45. The van der Waals surface area contributed by atoms with Crippen LogP contribution in [0.3, 0.4) is 0 Å². The van der Waals surface area contributed by atoms with E-state index in [2.05, 4.69) is 91.1 Å². The molecule has 1 heterocycles. The summed E-state index contributed by atoms with van der Waals surface area (Å²) >= 11 is 0. The molecular weight excluding hydrogens is 430 g/mol. The second-order valence-electron chi connectivity index (χ2n) is 9.62. The SMILES string of the molecule is CCC(=O)c1cc([C@@H]2C[C@H](CN[C@H](C)c3cccc4ccccc34)Oc3ccccc32)ccc1C. The molecular formula is C32H33NO2. The van der Waals surface area contributed by atoms with Crippen LogP contribution in [0.1, 0.15) is 71.3 Å². The number of rotatable bonds is 7. The standard InChI is InChI=1S/C32H33NO2/c1-4-31(34)29-18-24(17-16-21(29)2)30-19-25(35-32-15-8-7-13-28(30)32)20-33-22(3)26-14-9-11-23-10-5-6-12-27(23)26/h5-18,22,25,30,33H,4,19-20H2,1-3H3/t22-,25-,30+/m1/s1. The lowest BCUT2D eigenvalue weighted by Crippen LogP contribution is -2.37. The zero-order valence-corrected chi connectivity index (χ0v) is 20.8. The first-order valence-corrected chi connectivity index (χ1v) is 12.7. The van der Waals surface area contributed by atoms with Gasteiger partial charge in [0.15, 0.2) is 5.78 Å². The van der Waals surface area contributed by atoms with Crippen LogP contribution >= 0.6 is 0 Å². The monoisotopic (exact) mass is 463 g/mol. The van der Waals surface area contributed by atoms with Crippen molar-refractivity contribution >= 4 is 16.6 Å². The smallest absolute Gasteiger partial charge is 0.162 e. The predicted molar refractivity (Wildman–Crippen MR) is 143 cm³/mol. The molecule has 3 heteroatoms. The van der Waals surface area contributed by atoms with Crippen LogP contribution in [0.4, 0.5) is 0 Å². The van der Waals surface area contributed by atoms with Gasteiger partial charge in [-0.05, 0) is 59.9 Å². The summed E-state index contributed by atoms with van der Waals surface area (Å²) in [6.07, 6.45) is 1.43. The topological polar surface area (TPSA) is 38.3 Å². The molecule has 1 N–H and O–H groups in total. The van der Waals surface area contributed by atoms with Gasteiger partial charge in [-0.2, -0.15) is 0 Å². The average Bonchev–Trinajstić information content (AvgIpc) is 2.90. The van der Waals surface area contributed by atoms with E-state index in [4.69, 9.17) is 4.74 Å². The minimum absolute atomic E-state index is 0.0407. The van der Waals surface area contributed by atoms with E-state index in [-0.39, 0.29) is 23.8 Å². The summed E-state index contributed by atoms with van der Waals surface area (Å²) in [5.74, 6) is 1.34. The Labute approximate surface area is 208 Å².